The lowest BCUT2D eigenvalue weighted by Gasteiger charge is -2.08. The zero-order chi connectivity index (χ0) is 15.0. The summed E-state index contributed by atoms with van der Waals surface area (Å²) in [5.41, 5.74) is 5.56. The van der Waals surface area contributed by atoms with Crippen LogP contribution in [0.2, 0.25) is 0 Å². The lowest BCUT2D eigenvalue weighted by molar-refractivity contribution is 0.130. The Morgan fingerprint density at radius 1 is 1.30 bits per heavy atom. The predicted octanol–water partition coefficient (Wildman–Crippen LogP) is 1.89. The number of nitrogen functional groups attached to an aromatic ring is 1. The van der Waals surface area contributed by atoms with E-state index in [-0.39, 0.29) is 12.2 Å². The fourth-order valence-electron chi connectivity index (χ4n) is 1.54. The second kappa shape index (κ2) is 8.18. The van der Waals surface area contributed by atoms with Crippen LogP contribution in [0.5, 0.6) is 0 Å². The summed E-state index contributed by atoms with van der Waals surface area (Å²) >= 11 is 0. The Kier molecular flexibility index (Phi) is 6.90. The molecule has 1 aromatic carbocycles. The zero-order valence-corrected chi connectivity index (χ0v) is 12.4. The van der Waals surface area contributed by atoms with Crippen molar-refractivity contribution in [1.82, 2.24) is 4.72 Å². The third-order valence-electron chi connectivity index (χ3n) is 2.65. The van der Waals surface area contributed by atoms with Crippen LogP contribution in [0.25, 0.3) is 0 Å². The van der Waals surface area contributed by atoms with Gasteiger partial charge >= 0.3 is 0 Å². The molecule has 0 amide bonds. The van der Waals surface area contributed by atoms with E-state index in [1.807, 2.05) is 0 Å². The topological polar surface area (TPSA) is 81.4 Å². The summed E-state index contributed by atoms with van der Waals surface area (Å²) in [6.07, 6.45) is 2.59. The fraction of sp³-hybridized carbons (Fsp3) is 0.538. The molecule has 0 spiro atoms. The van der Waals surface area contributed by atoms with Crippen LogP contribution in [0, 0.1) is 5.82 Å². The molecule has 0 saturated carbocycles. The van der Waals surface area contributed by atoms with Crippen molar-refractivity contribution in [2.75, 3.05) is 25.5 Å². The van der Waals surface area contributed by atoms with Crippen LogP contribution in [-0.2, 0) is 14.8 Å². The molecule has 1 aromatic rings. The second-order valence-corrected chi connectivity index (χ2v) is 6.14. The normalized spacial score (nSPS) is 11.7. The Morgan fingerprint density at radius 2 is 2.00 bits per heavy atom. The van der Waals surface area contributed by atoms with Gasteiger partial charge in [-0.3, -0.25) is 0 Å². The average molecular weight is 304 g/mol. The van der Waals surface area contributed by atoms with E-state index in [4.69, 9.17) is 10.5 Å². The molecule has 0 heterocycles. The molecular formula is C13H21FN2O3S. The van der Waals surface area contributed by atoms with E-state index in [0.29, 0.717) is 19.6 Å². The van der Waals surface area contributed by atoms with Gasteiger partial charge in [-0.05, 0) is 31.0 Å². The van der Waals surface area contributed by atoms with Crippen LogP contribution in [0.3, 0.4) is 0 Å². The summed E-state index contributed by atoms with van der Waals surface area (Å²) in [5, 5.41) is 0. The summed E-state index contributed by atoms with van der Waals surface area (Å²) in [6.45, 7) is 3.43. The molecule has 114 valence electrons. The molecule has 0 atom stereocenters. The number of halogens is 1. The number of ether oxygens (including phenoxy) is 1. The van der Waals surface area contributed by atoms with Crippen LogP contribution in [0.4, 0.5) is 10.1 Å². The average Bonchev–Trinajstić information content (AvgIpc) is 2.37. The first-order valence-electron chi connectivity index (χ1n) is 6.60. The van der Waals surface area contributed by atoms with Gasteiger partial charge in [0.05, 0.1) is 0 Å². The molecule has 0 aliphatic heterocycles. The molecule has 0 radical (unpaired) electrons. The summed E-state index contributed by atoms with van der Waals surface area (Å²) in [6, 6.07) is 3.50. The second-order valence-electron chi connectivity index (χ2n) is 4.41. The van der Waals surface area contributed by atoms with E-state index in [9.17, 15) is 12.8 Å². The maximum atomic E-state index is 13.5. The molecule has 0 bridgehead atoms. The maximum absolute atomic E-state index is 13.5. The predicted molar refractivity (Wildman–Crippen MR) is 76.3 cm³/mol. The van der Waals surface area contributed by atoms with Gasteiger partial charge < -0.3 is 10.5 Å². The molecule has 0 fully saturated rings. The highest BCUT2D eigenvalue weighted by Gasteiger charge is 2.18. The van der Waals surface area contributed by atoms with Crippen LogP contribution in [-0.4, -0.2) is 28.2 Å². The quantitative estimate of drug-likeness (QED) is 0.539. The van der Waals surface area contributed by atoms with Crippen molar-refractivity contribution in [3.8, 4) is 0 Å². The van der Waals surface area contributed by atoms with Crippen molar-refractivity contribution >= 4 is 15.7 Å². The van der Waals surface area contributed by atoms with Gasteiger partial charge in [0.1, 0.15) is 10.7 Å². The largest absolute Gasteiger partial charge is 0.399 e. The molecule has 3 N–H and O–H groups in total. The summed E-state index contributed by atoms with van der Waals surface area (Å²) in [5.74, 6) is -0.850. The minimum Gasteiger partial charge on any atom is -0.399 e. The van der Waals surface area contributed by atoms with Crippen LogP contribution in [0.15, 0.2) is 23.1 Å². The van der Waals surface area contributed by atoms with Crippen LogP contribution >= 0.6 is 0 Å². The first-order valence-corrected chi connectivity index (χ1v) is 8.08. The first-order chi connectivity index (χ1) is 9.47. The highest BCUT2D eigenvalue weighted by Crippen LogP contribution is 2.16. The Balaban J connectivity index is 2.42. The number of rotatable bonds is 9. The van der Waals surface area contributed by atoms with E-state index in [1.165, 1.54) is 6.07 Å². The van der Waals surface area contributed by atoms with Crippen LogP contribution in [0.1, 0.15) is 26.2 Å². The Hall–Kier alpha value is -1.18. The molecule has 0 unspecified atom stereocenters. The van der Waals surface area contributed by atoms with Crippen LogP contribution < -0.4 is 10.5 Å². The SMILES string of the molecule is CCCCOCCCNS(=O)(=O)c1ccc(N)cc1F. The van der Waals surface area contributed by atoms with Crippen molar-refractivity contribution in [2.45, 2.75) is 31.1 Å². The minimum atomic E-state index is -3.84. The van der Waals surface area contributed by atoms with Crippen molar-refractivity contribution in [1.29, 1.82) is 0 Å². The van der Waals surface area contributed by atoms with Crippen molar-refractivity contribution in [2.24, 2.45) is 0 Å². The molecule has 0 aliphatic rings. The molecule has 5 nitrogen and oxygen atoms in total. The molecule has 7 heteroatoms. The van der Waals surface area contributed by atoms with E-state index in [0.717, 1.165) is 25.0 Å². The number of hydrogen-bond donors (Lipinski definition) is 2. The maximum Gasteiger partial charge on any atom is 0.243 e. The van der Waals surface area contributed by atoms with Gasteiger partial charge in [0.25, 0.3) is 0 Å². The summed E-state index contributed by atoms with van der Waals surface area (Å²) in [4.78, 5) is -0.390. The zero-order valence-electron chi connectivity index (χ0n) is 11.6. The lowest BCUT2D eigenvalue weighted by atomic mass is 10.3. The monoisotopic (exact) mass is 304 g/mol. The van der Waals surface area contributed by atoms with Crippen molar-refractivity contribution in [3.05, 3.63) is 24.0 Å². The van der Waals surface area contributed by atoms with Crippen molar-refractivity contribution in [3.63, 3.8) is 0 Å². The highest BCUT2D eigenvalue weighted by atomic mass is 32.2. The standard InChI is InChI=1S/C13H21FN2O3S/c1-2-3-8-19-9-4-7-16-20(17,18)13-6-5-11(15)10-12(13)14/h5-6,10,16H,2-4,7-9,15H2,1H3. The van der Waals surface area contributed by atoms with Gasteiger partial charge in [-0.2, -0.15) is 0 Å². The third kappa shape index (κ3) is 5.44. The Bertz CT molecular complexity index is 520. The van der Waals surface area contributed by atoms with E-state index < -0.39 is 20.7 Å². The molecule has 0 aliphatic carbocycles. The number of nitrogens with two attached hydrogens (primary N) is 1. The van der Waals surface area contributed by atoms with Gasteiger partial charge in [-0.1, -0.05) is 13.3 Å². The molecule has 0 aromatic heterocycles. The molecule has 20 heavy (non-hydrogen) atoms. The van der Waals surface area contributed by atoms with Gasteiger partial charge in [0.2, 0.25) is 10.0 Å². The summed E-state index contributed by atoms with van der Waals surface area (Å²) in [7, 11) is -3.84. The third-order valence-corrected chi connectivity index (χ3v) is 4.14. The van der Waals surface area contributed by atoms with Crippen molar-refractivity contribution < 1.29 is 17.5 Å². The van der Waals surface area contributed by atoms with Gasteiger partial charge in [-0.15, -0.1) is 0 Å². The number of unbranched alkanes of at least 4 members (excludes halogenated alkanes) is 1. The van der Waals surface area contributed by atoms with Gasteiger partial charge in [-0.25, -0.2) is 17.5 Å². The number of anilines is 1. The van der Waals surface area contributed by atoms with Gasteiger partial charge in [0.15, 0.2) is 0 Å². The van der Waals surface area contributed by atoms with E-state index >= 15 is 0 Å². The minimum absolute atomic E-state index is 0.186. The van der Waals surface area contributed by atoms with E-state index in [1.54, 1.807) is 0 Å². The summed E-state index contributed by atoms with van der Waals surface area (Å²) < 4.78 is 44.9. The van der Waals surface area contributed by atoms with E-state index in [2.05, 4.69) is 11.6 Å². The molecular weight excluding hydrogens is 283 g/mol. The Labute approximate surface area is 119 Å². The number of benzene rings is 1. The highest BCUT2D eigenvalue weighted by molar-refractivity contribution is 7.89. The first kappa shape index (κ1) is 16.9. The fourth-order valence-corrected chi connectivity index (χ4v) is 2.67. The lowest BCUT2D eigenvalue weighted by Crippen LogP contribution is -2.26. The number of nitrogens with one attached hydrogen (secondary N) is 1. The van der Waals surface area contributed by atoms with Gasteiger partial charge in [0, 0.05) is 25.4 Å². The Morgan fingerprint density at radius 3 is 2.65 bits per heavy atom. The number of hydrogen-bond acceptors (Lipinski definition) is 4. The smallest absolute Gasteiger partial charge is 0.243 e. The molecule has 1 rings (SSSR count). The molecule has 0 saturated heterocycles. The number of sulfonamides is 1.